The van der Waals surface area contributed by atoms with E-state index in [0.717, 1.165) is 11.1 Å². The van der Waals surface area contributed by atoms with Gasteiger partial charge in [0, 0.05) is 22.8 Å². The molecule has 1 aliphatic rings. The molecular weight excluding hydrogens is 368 g/mol. The van der Waals surface area contributed by atoms with Crippen LogP contribution in [-0.2, 0) is 4.79 Å². The van der Waals surface area contributed by atoms with Gasteiger partial charge in [0.25, 0.3) is 5.91 Å². The number of hydrogen-bond acceptors (Lipinski definition) is 5. The number of nitrogens with zero attached hydrogens (tertiary/aromatic N) is 1. The Hall–Kier alpha value is -3.80. The van der Waals surface area contributed by atoms with Crippen LogP contribution >= 0.6 is 0 Å². The fraction of sp³-hybridized carbons (Fsp3) is 0.130. The Morgan fingerprint density at radius 2 is 1.76 bits per heavy atom. The van der Waals surface area contributed by atoms with Crippen molar-refractivity contribution in [2.75, 3.05) is 6.61 Å². The first kappa shape index (κ1) is 18.6. The highest BCUT2D eigenvalue weighted by Crippen LogP contribution is 2.43. The van der Waals surface area contributed by atoms with E-state index in [1.807, 2.05) is 55.5 Å². The first-order valence-electron chi connectivity index (χ1n) is 9.32. The van der Waals surface area contributed by atoms with Crippen molar-refractivity contribution in [3.63, 3.8) is 0 Å². The number of para-hydroxylation sites is 2. The molecule has 1 aliphatic heterocycles. The highest BCUT2D eigenvalue weighted by Gasteiger charge is 2.32. The Bertz CT molecular complexity index is 1030. The van der Waals surface area contributed by atoms with Crippen LogP contribution in [0.25, 0.3) is 0 Å². The minimum atomic E-state index is -0.540. The molecule has 0 atom stereocenters. The number of rotatable bonds is 5. The number of hydrogen-bond donors (Lipinski definition) is 2. The molecule has 29 heavy (non-hydrogen) atoms. The van der Waals surface area contributed by atoms with Crippen molar-refractivity contribution in [3.05, 3.63) is 83.4 Å². The smallest absolute Gasteiger partial charge is 0.252 e. The normalized spacial score (nSPS) is 12.7. The van der Waals surface area contributed by atoms with Gasteiger partial charge in [0.05, 0.1) is 18.7 Å². The molecule has 0 unspecified atom stereocenters. The van der Waals surface area contributed by atoms with Crippen molar-refractivity contribution in [2.45, 2.75) is 12.8 Å². The molecule has 0 bridgehead atoms. The van der Waals surface area contributed by atoms with Crippen molar-refractivity contribution in [1.29, 1.82) is 0 Å². The van der Waals surface area contributed by atoms with E-state index in [9.17, 15) is 9.90 Å². The number of phenolic OH excluding ortho intramolecular Hbond substituents is 1. The molecule has 1 heterocycles. The summed E-state index contributed by atoms with van der Waals surface area (Å²) in [5.74, 6) is 1.08. The highest BCUT2D eigenvalue weighted by molar-refractivity contribution is 5.91. The molecule has 2 N–H and O–H groups in total. The van der Waals surface area contributed by atoms with Crippen molar-refractivity contribution >= 4 is 12.1 Å². The number of ether oxygens (including phenoxy) is 2. The van der Waals surface area contributed by atoms with Gasteiger partial charge in [0.2, 0.25) is 0 Å². The van der Waals surface area contributed by atoms with Gasteiger partial charge >= 0.3 is 0 Å². The molecule has 6 nitrogen and oxygen atoms in total. The summed E-state index contributed by atoms with van der Waals surface area (Å²) in [7, 11) is 0. The number of amides is 1. The van der Waals surface area contributed by atoms with Crippen molar-refractivity contribution in [3.8, 4) is 23.0 Å². The molecule has 0 aliphatic carbocycles. The van der Waals surface area contributed by atoms with E-state index in [-0.39, 0.29) is 11.7 Å². The van der Waals surface area contributed by atoms with Crippen molar-refractivity contribution in [1.82, 2.24) is 5.43 Å². The van der Waals surface area contributed by atoms with Gasteiger partial charge in [0.15, 0.2) is 0 Å². The largest absolute Gasteiger partial charge is 0.507 e. The SMILES string of the molecule is CCOc1ccc(C=NNC(=O)C2c3ccccc3Oc3ccccc32)c(O)c1. The lowest BCUT2D eigenvalue weighted by Crippen LogP contribution is -2.28. The second kappa shape index (κ2) is 8.06. The third-order valence-electron chi connectivity index (χ3n) is 4.63. The molecule has 1 amide bonds. The maximum Gasteiger partial charge on any atom is 0.252 e. The third-order valence-corrected chi connectivity index (χ3v) is 4.63. The number of aromatic hydroxyl groups is 1. The molecule has 4 rings (SSSR count). The van der Waals surface area contributed by atoms with E-state index in [2.05, 4.69) is 10.5 Å². The van der Waals surface area contributed by atoms with E-state index in [0.29, 0.717) is 29.4 Å². The van der Waals surface area contributed by atoms with Gasteiger partial charge in [-0.2, -0.15) is 5.10 Å². The van der Waals surface area contributed by atoms with Crippen LogP contribution in [0.5, 0.6) is 23.0 Å². The summed E-state index contributed by atoms with van der Waals surface area (Å²) in [5, 5.41) is 14.1. The average molecular weight is 388 g/mol. The highest BCUT2D eigenvalue weighted by atomic mass is 16.5. The number of nitrogens with one attached hydrogen (secondary N) is 1. The topological polar surface area (TPSA) is 80.2 Å². The van der Waals surface area contributed by atoms with Crippen LogP contribution in [0.15, 0.2) is 71.8 Å². The van der Waals surface area contributed by atoms with E-state index in [1.54, 1.807) is 12.1 Å². The number of hydrazone groups is 1. The Balaban J connectivity index is 1.56. The van der Waals surface area contributed by atoms with E-state index < -0.39 is 5.92 Å². The maximum absolute atomic E-state index is 13.0. The lowest BCUT2D eigenvalue weighted by molar-refractivity contribution is -0.121. The summed E-state index contributed by atoms with van der Waals surface area (Å²) in [6.07, 6.45) is 1.40. The fourth-order valence-corrected chi connectivity index (χ4v) is 3.31. The van der Waals surface area contributed by atoms with Crippen molar-refractivity contribution in [2.24, 2.45) is 5.10 Å². The van der Waals surface area contributed by atoms with Crippen molar-refractivity contribution < 1.29 is 19.4 Å². The lowest BCUT2D eigenvalue weighted by Gasteiger charge is -2.26. The zero-order valence-corrected chi connectivity index (χ0v) is 15.8. The summed E-state index contributed by atoms with van der Waals surface area (Å²) in [4.78, 5) is 13.0. The van der Waals surface area contributed by atoms with Gasteiger partial charge in [-0.25, -0.2) is 5.43 Å². The lowest BCUT2D eigenvalue weighted by atomic mass is 9.87. The monoisotopic (exact) mass is 388 g/mol. The van der Waals surface area contributed by atoms with Crippen LogP contribution in [0.2, 0.25) is 0 Å². The molecular formula is C23H20N2O4. The summed E-state index contributed by atoms with van der Waals surface area (Å²) in [5.41, 5.74) is 4.62. The number of carbonyl (C=O) groups excluding carboxylic acids is 1. The zero-order chi connectivity index (χ0) is 20.2. The van der Waals surface area contributed by atoms with E-state index in [1.165, 1.54) is 12.3 Å². The molecule has 3 aromatic rings. The molecule has 0 aromatic heterocycles. The molecule has 0 fully saturated rings. The first-order chi connectivity index (χ1) is 14.2. The second-order valence-corrected chi connectivity index (χ2v) is 6.50. The standard InChI is InChI=1S/C23H20N2O4/c1-2-28-16-12-11-15(19(26)13-16)14-24-25-23(27)22-17-7-3-5-9-20(17)29-21-10-6-4-8-18(21)22/h3-14,22,26H,2H2,1H3,(H,25,27). The molecule has 0 radical (unpaired) electrons. The van der Waals surface area contributed by atoms with Crippen LogP contribution < -0.4 is 14.9 Å². The van der Waals surface area contributed by atoms with Crippen LogP contribution in [0.1, 0.15) is 29.5 Å². The van der Waals surface area contributed by atoms with Gasteiger partial charge in [-0.3, -0.25) is 4.79 Å². The number of carbonyl (C=O) groups is 1. The van der Waals surface area contributed by atoms with Crippen LogP contribution in [0.3, 0.4) is 0 Å². The van der Waals surface area contributed by atoms with Crippen LogP contribution in [-0.4, -0.2) is 23.8 Å². The minimum absolute atomic E-state index is 0.0238. The quantitative estimate of drug-likeness (QED) is 0.508. The van der Waals surface area contributed by atoms with Gasteiger partial charge < -0.3 is 14.6 Å². The summed E-state index contributed by atoms with van der Waals surface area (Å²) < 4.78 is 11.3. The Kier molecular flexibility index (Phi) is 5.16. The van der Waals surface area contributed by atoms with E-state index in [4.69, 9.17) is 9.47 Å². The average Bonchev–Trinajstić information content (AvgIpc) is 2.73. The maximum atomic E-state index is 13.0. The Morgan fingerprint density at radius 3 is 2.38 bits per heavy atom. The molecule has 6 heteroatoms. The predicted octanol–water partition coefficient (Wildman–Crippen LogP) is 4.18. The third kappa shape index (κ3) is 3.78. The van der Waals surface area contributed by atoms with Gasteiger partial charge in [-0.1, -0.05) is 36.4 Å². The molecule has 0 spiro atoms. The number of phenols is 1. The first-order valence-corrected chi connectivity index (χ1v) is 9.32. The van der Waals surface area contributed by atoms with Crippen LogP contribution in [0.4, 0.5) is 0 Å². The molecule has 0 saturated heterocycles. The summed E-state index contributed by atoms with van der Waals surface area (Å²) >= 11 is 0. The van der Waals surface area contributed by atoms with Gasteiger partial charge in [-0.05, 0) is 31.2 Å². The van der Waals surface area contributed by atoms with Gasteiger partial charge in [0.1, 0.15) is 23.0 Å². The van der Waals surface area contributed by atoms with E-state index >= 15 is 0 Å². The predicted molar refractivity (Wildman–Crippen MR) is 110 cm³/mol. The molecule has 146 valence electrons. The Labute approximate surface area is 168 Å². The second-order valence-electron chi connectivity index (χ2n) is 6.50. The number of fused-ring (bicyclic) bond motifs is 2. The number of benzene rings is 3. The minimum Gasteiger partial charge on any atom is -0.507 e. The molecule has 0 saturated carbocycles. The summed E-state index contributed by atoms with van der Waals surface area (Å²) in [6.45, 7) is 2.38. The Morgan fingerprint density at radius 1 is 1.10 bits per heavy atom. The summed E-state index contributed by atoms with van der Waals surface area (Å²) in [6, 6.07) is 19.8. The zero-order valence-electron chi connectivity index (χ0n) is 15.8. The van der Waals surface area contributed by atoms with Crippen LogP contribution in [0, 0.1) is 0 Å². The fourth-order valence-electron chi connectivity index (χ4n) is 3.31. The van der Waals surface area contributed by atoms with Gasteiger partial charge in [-0.15, -0.1) is 0 Å². The molecule has 3 aromatic carbocycles.